The van der Waals surface area contributed by atoms with Crippen LogP contribution in [-0.2, 0) is 23.1 Å². The maximum absolute atomic E-state index is 12.4. The molecule has 0 aliphatic carbocycles. The first-order valence-corrected chi connectivity index (χ1v) is 8.64. The van der Waals surface area contributed by atoms with Crippen LogP contribution in [-0.4, -0.2) is 32.4 Å². The van der Waals surface area contributed by atoms with Crippen LogP contribution < -0.4 is 14.2 Å². The molecule has 7 nitrogen and oxygen atoms in total. The quantitative estimate of drug-likeness (QED) is 0.830. The molecule has 0 bridgehead atoms. The number of aryl methyl sites for hydroxylation is 2. The number of methoxy groups -OCH3 is 2. The smallest absolute Gasteiger partial charge is 0.244 e. The monoisotopic (exact) mass is 339 g/mol. The first-order chi connectivity index (χ1) is 10.9. The summed E-state index contributed by atoms with van der Waals surface area (Å²) < 4.78 is 39.4. The van der Waals surface area contributed by atoms with Crippen molar-refractivity contribution in [1.29, 1.82) is 0 Å². The molecule has 0 saturated heterocycles. The Morgan fingerprint density at radius 3 is 2.48 bits per heavy atom. The molecule has 0 unspecified atom stereocenters. The molecular weight excluding hydrogens is 318 g/mol. The van der Waals surface area contributed by atoms with Crippen molar-refractivity contribution in [2.75, 3.05) is 14.2 Å². The average molecular weight is 339 g/mol. The van der Waals surface area contributed by atoms with Crippen molar-refractivity contribution in [1.82, 2.24) is 14.5 Å². The number of benzene rings is 1. The molecule has 2 aromatic rings. The minimum atomic E-state index is -3.62. The SMILES string of the molecule is CCn1cc(S(=O)(=O)NCc2ccc(OC)c(OC)c2)c(C)n1. The van der Waals surface area contributed by atoms with Crippen LogP contribution in [0.15, 0.2) is 29.3 Å². The highest BCUT2D eigenvalue weighted by Crippen LogP contribution is 2.27. The van der Waals surface area contributed by atoms with Crippen LogP contribution in [0.25, 0.3) is 0 Å². The molecule has 126 valence electrons. The van der Waals surface area contributed by atoms with Gasteiger partial charge in [0.1, 0.15) is 4.90 Å². The Bertz CT molecular complexity index is 784. The highest BCUT2D eigenvalue weighted by Gasteiger charge is 2.20. The molecule has 0 atom stereocenters. The third-order valence-corrected chi connectivity index (χ3v) is 4.93. The Morgan fingerprint density at radius 1 is 1.22 bits per heavy atom. The second-order valence-corrected chi connectivity index (χ2v) is 6.68. The lowest BCUT2D eigenvalue weighted by Crippen LogP contribution is -2.23. The Balaban J connectivity index is 2.17. The zero-order valence-electron chi connectivity index (χ0n) is 13.7. The van der Waals surface area contributed by atoms with Gasteiger partial charge in [0, 0.05) is 19.3 Å². The molecule has 0 aliphatic rings. The number of rotatable bonds is 7. The van der Waals surface area contributed by atoms with E-state index in [4.69, 9.17) is 9.47 Å². The third-order valence-electron chi connectivity index (χ3n) is 3.43. The lowest BCUT2D eigenvalue weighted by atomic mass is 10.2. The molecule has 8 heteroatoms. The van der Waals surface area contributed by atoms with Gasteiger partial charge in [-0.3, -0.25) is 4.68 Å². The van der Waals surface area contributed by atoms with Crippen LogP contribution in [0.5, 0.6) is 11.5 Å². The minimum Gasteiger partial charge on any atom is -0.493 e. The molecule has 2 rings (SSSR count). The van der Waals surface area contributed by atoms with Crippen molar-refractivity contribution in [2.45, 2.75) is 31.8 Å². The van der Waals surface area contributed by atoms with Gasteiger partial charge in [-0.1, -0.05) is 6.07 Å². The topological polar surface area (TPSA) is 82.5 Å². The Labute approximate surface area is 136 Å². The van der Waals surface area contributed by atoms with Crippen LogP contribution in [0.4, 0.5) is 0 Å². The Hall–Kier alpha value is -2.06. The molecule has 1 aromatic carbocycles. The summed E-state index contributed by atoms with van der Waals surface area (Å²) in [6.07, 6.45) is 1.53. The van der Waals surface area contributed by atoms with Crippen molar-refractivity contribution in [3.8, 4) is 11.5 Å². The molecule has 1 N–H and O–H groups in total. The van der Waals surface area contributed by atoms with Gasteiger partial charge in [0.15, 0.2) is 11.5 Å². The number of nitrogens with one attached hydrogen (secondary N) is 1. The summed E-state index contributed by atoms with van der Waals surface area (Å²) in [5.41, 5.74) is 1.25. The molecule has 1 heterocycles. The number of hydrogen-bond donors (Lipinski definition) is 1. The van der Waals surface area contributed by atoms with Crippen LogP contribution in [0.3, 0.4) is 0 Å². The second-order valence-electron chi connectivity index (χ2n) is 4.95. The van der Waals surface area contributed by atoms with E-state index in [0.717, 1.165) is 5.56 Å². The molecule has 1 aromatic heterocycles. The third kappa shape index (κ3) is 3.83. The van der Waals surface area contributed by atoms with E-state index in [0.29, 0.717) is 23.7 Å². The molecular formula is C15H21N3O4S. The summed E-state index contributed by atoms with van der Waals surface area (Å²) in [5, 5.41) is 4.16. The molecule has 23 heavy (non-hydrogen) atoms. The van der Waals surface area contributed by atoms with E-state index >= 15 is 0 Å². The first-order valence-electron chi connectivity index (χ1n) is 7.16. The summed E-state index contributed by atoms with van der Waals surface area (Å²) in [6, 6.07) is 5.26. The normalized spacial score (nSPS) is 11.5. The lowest BCUT2D eigenvalue weighted by molar-refractivity contribution is 0.354. The highest BCUT2D eigenvalue weighted by atomic mass is 32.2. The van der Waals surface area contributed by atoms with Crippen LogP contribution >= 0.6 is 0 Å². The fourth-order valence-electron chi connectivity index (χ4n) is 2.17. The van der Waals surface area contributed by atoms with Gasteiger partial charge < -0.3 is 9.47 Å². The van der Waals surface area contributed by atoms with Crippen molar-refractivity contribution >= 4 is 10.0 Å². The van der Waals surface area contributed by atoms with Gasteiger partial charge in [-0.15, -0.1) is 0 Å². The maximum Gasteiger partial charge on any atom is 0.244 e. The molecule has 0 saturated carbocycles. The van der Waals surface area contributed by atoms with Crippen molar-refractivity contribution in [3.63, 3.8) is 0 Å². The summed E-state index contributed by atoms with van der Waals surface area (Å²) in [5.74, 6) is 1.15. The molecule has 0 radical (unpaired) electrons. The van der Waals surface area contributed by atoms with Crippen molar-refractivity contribution in [2.24, 2.45) is 0 Å². The number of sulfonamides is 1. The predicted molar refractivity (Wildman–Crippen MR) is 86.2 cm³/mol. The summed E-state index contributed by atoms with van der Waals surface area (Å²) >= 11 is 0. The number of hydrogen-bond acceptors (Lipinski definition) is 5. The molecule has 0 spiro atoms. The van der Waals surface area contributed by atoms with Crippen molar-refractivity contribution in [3.05, 3.63) is 35.7 Å². The largest absolute Gasteiger partial charge is 0.493 e. The zero-order valence-corrected chi connectivity index (χ0v) is 14.5. The van der Waals surface area contributed by atoms with Gasteiger partial charge in [0.05, 0.1) is 19.9 Å². The lowest BCUT2D eigenvalue weighted by Gasteiger charge is -2.10. The average Bonchev–Trinajstić information content (AvgIpc) is 2.94. The molecule has 0 aliphatic heterocycles. The standard InChI is InChI=1S/C15H21N3O4S/c1-5-18-10-15(11(2)17-18)23(19,20)16-9-12-6-7-13(21-3)14(8-12)22-4/h6-8,10,16H,5,9H2,1-4H3. The molecule has 0 amide bonds. The van der Waals surface area contributed by atoms with Gasteiger partial charge in [-0.05, 0) is 31.5 Å². The molecule has 0 fully saturated rings. The van der Waals surface area contributed by atoms with E-state index in [1.807, 2.05) is 6.92 Å². The second kappa shape index (κ2) is 7.01. The minimum absolute atomic E-state index is 0.152. The highest BCUT2D eigenvalue weighted by molar-refractivity contribution is 7.89. The van der Waals surface area contributed by atoms with E-state index in [1.54, 1.807) is 36.9 Å². The van der Waals surface area contributed by atoms with Crippen LogP contribution in [0, 0.1) is 6.92 Å². The zero-order chi connectivity index (χ0) is 17.0. The number of nitrogens with zero attached hydrogens (tertiary/aromatic N) is 2. The number of aromatic nitrogens is 2. The fourth-order valence-corrected chi connectivity index (χ4v) is 3.37. The maximum atomic E-state index is 12.4. The van der Waals surface area contributed by atoms with Gasteiger partial charge >= 0.3 is 0 Å². The van der Waals surface area contributed by atoms with E-state index in [9.17, 15) is 8.42 Å². The van der Waals surface area contributed by atoms with E-state index < -0.39 is 10.0 Å². The Kier molecular flexibility index (Phi) is 5.27. The van der Waals surface area contributed by atoms with Crippen LogP contribution in [0.2, 0.25) is 0 Å². The van der Waals surface area contributed by atoms with Crippen molar-refractivity contribution < 1.29 is 17.9 Å². The van der Waals surface area contributed by atoms with E-state index in [2.05, 4.69) is 9.82 Å². The summed E-state index contributed by atoms with van der Waals surface area (Å²) in [7, 11) is -0.533. The Morgan fingerprint density at radius 2 is 1.91 bits per heavy atom. The fraction of sp³-hybridized carbons (Fsp3) is 0.400. The van der Waals surface area contributed by atoms with Gasteiger partial charge in [0.2, 0.25) is 10.0 Å². The summed E-state index contributed by atoms with van der Waals surface area (Å²) in [4.78, 5) is 0.194. The first kappa shape index (κ1) is 17.3. The van der Waals surface area contributed by atoms with Crippen LogP contribution in [0.1, 0.15) is 18.2 Å². The number of ether oxygens (including phenoxy) is 2. The van der Waals surface area contributed by atoms with E-state index in [-0.39, 0.29) is 11.4 Å². The van der Waals surface area contributed by atoms with Gasteiger partial charge in [-0.2, -0.15) is 5.10 Å². The predicted octanol–water partition coefficient (Wildman–Crippen LogP) is 1.71. The van der Waals surface area contributed by atoms with E-state index in [1.165, 1.54) is 13.3 Å². The summed E-state index contributed by atoms with van der Waals surface area (Å²) in [6.45, 7) is 4.35. The van der Waals surface area contributed by atoms with Gasteiger partial charge in [-0.25, -0.2) is 13.1 Å². The van der Waals surface area contributed by atoms with Gasteiger partial charge in [0.25, 0.3) is 0 Å².